The zero-order valence-corrected chi connectivity index (χ0v) is 14.6. The van der Waals surface area contributed by atoms with E-state index in [0.29, 0.717) is 23.3 Å². The number of aryl methyl sites for hydroxylation is 1. The van der Waals surface area contributed by atoms with Gasteiger partial charge in [0.25, 0.3) is 0 Å². The molecule has 0 aliphatic heterocycles. The number of nitrogens with one attached hydrogen (secondary N) is 1. The summed E-state index contributed by atoms with van der Waals surface area (Å²) in [5.74, 6) is -1.39. The minimum atomic E-state index is -1.13. The van der Waals surface area contributed by atoms with Gasteiger partial charge in [-0.3, -0.25) is 4.79 Å². The second-order valence-electron chi connectivity index (χ2n) is 5.76. The molecule has 0 bridgehead atoms. The van der Waals surface area contributed by atoms with Crippen molar-refractivity contribution in [1.82, 2.24) is 9.97 Å². The first kappa shape index (κ1) is 17.4. The average molecular weight is 346 g/mol. The van der Waals surface area contributed by atoms with E-state index in [2.05, 4.69) is 15.3 Å². The highest BCUT2D eigenvalue weighted by molar-refractivity contribution is 5.98. The fraction of sp³-hybridized carbons (Fsp3) is 0.200. The fourth-order valence-corrected chi connectivity index (χ4v) is 2.61. The molecule has 1 atom stereocenters. The van der Waals surface area contributed by atoms with Crippen LogP contribution in [0.2, 0.25) is 0 Å². The molecule has 3 rings (SSSR count). The molecule has 130 valence electrons. The number of aromatic nitrogens is 2. The molecule has 0 radical (unpaired) electrons. The molecule has 0 spiro atoms. The molecule has 0 aliphatic carbocycles. The standard InChI is InChI=1S/C20H18N4O2/c1-3-26-20-18(23-16-9-4-5-10-17(16)24-20)15(12-21)19(25)22-14-8-6-7-13(2)11-14/h4-11,15H,3H2,1-2H3,(H,22,25)/t15-/m1/s1. The number of para-hydroxylation sites is 2. The molecule has 6 heteroatoms. The van der Waals surface area contributed by atoms with Gasteiger partial charge in [-0.1, -0.05) is 24.3 Å². The highest BCUT2D eigenvalue weighted by Gasteiger charge is 2.27. The Balaban J connectivity index is 1.99. The maximum absolute atomic E-state index is 12.7. The van der Waals surface area contributed by atoms with E-state index in [1.807, 2.05) is 56.3 Å². The van der Waals surface area contributed by atoms with Crippen molar-refractivity contribution in [3.05, 3.63) is 59.8 Å². The summed E-state index contributed by atoms with van der Waals surface area (Å²) in [6.45, 7) is 4.10. The van der Waals surface area contributed by atoms with Crippen LogP contribution in [0.4, 0.5) is 5.69 Å². The summed E-state index contributed by atoms with van der Waals surface area (Å²) < 4.78 is 5.54. The van der Waals surface area contributed by atoms with Gasteiger partial charge >= 0.3 is 0 Å². The van der Waals surface area contributed by atoms with Crippen molar-refractivity contribution in [2.75, 3.05) is 11.9 Å². The second kappa shape index (κ2) is 7.62. The summed E-state index contributed by atoms with van der Waals surface area (Å²) in [5.41, 5.74) is 3.11. The Kier molecular flexibility index (Phi) is 5.09. The van der Waals surface area contributed by atoms with Crippen LogP contribution >= 0.6 is 0 Å². The van der Waals surface area contributed by atoms with Crippen LogP contribution in [0.5, 0.6) is 5.88 Å². The van der Waals surface area contributed by atoms with Crippen molar-refractivity contribution in [3.63, 3.8) is 0 Å². The molecule has 26 heavy (non-hydrogen) atoms. The number of rotatable bonds is 5. The lowest BCUT2D eigenvalue weighted by Gasteiger charge is -2.14. The number of ether oxygens (including phenoxy) is 1. The zero-order valence-electron chi connectivity index (χ0n) is 14.6. The van der Waals surface area contributed by atoms with Crippen LogP contribution < -0.4 is 10.1 Å². The normalized spacial score (nSPS) is 11.6. The van der Waals surface area contributed by atoms with E-state index in [1.165, 1.54) is 0 Å². The van der Waals surface area contributed by atoms with Crippen molar-refractivity contribution in [3.8, 4) is 11.9 Å². The minimum absolute atomic E-state index is 0.206. The monoisotopic (exact) mass is 346 g/mol. The predicted molar refractivity (Wildman–Crippen MR) is 98.9 cm³/mol. The maximum Gasteiger partial charge on any atom is 0.248 e. The smallest absolute Gasteiger partial charge is 0.248 e. The van der Waals surface area contributed by atoms with Gasteiger partial charge in [0.15, 0.2) is 5.92 Å². The van der Waals surface area contributed by atoms with Gasteiger partial charge in [-0.2, -0.15) is 5.26 Å². The first-order chi connectivity index (χ1) is 12.6. The Bertz CT molecular complexity index is 995. The van der Waals surface area contributed by atoms with E-state index in [0.717, 1.165) is 5.56 Å². The van der Waals surface area contributed by atoms with Crippen molar-refractivity contribution < 1.29 is 9.53 Å². The van der Waals surface area contributed by atoms with Crippen LogP contribution in [-0.2, 0) is 4.79 Å². The molecular formula is C20H18N4O2. The van der Waals surface area contributed by atoms with Crippen LogP contribution in [0.1, 0.15) is 24.1 Å². The Morgan fingerprint density at radius 3 is 2.58 bits per heavy atom. The average Bonchev–Trinajstić information content (AvgIpc) is 2.63. The van der Waals surface area contributed by atoms with Crippen molar-refractivity contribution in [1.29, 1.82) is 5.26 Å². The van der Waals surface area contributed by atoms with Gasteiger partial charge in [-0.15, -0.1) is 0 Å². The topological polar surface area (TPSA) is 87.9 Å². The predicted octanol–water partition coefficient (Wildman–Crippen LogP) is 3.58. The number of benzene rings is 2. The summed E-state index contributed by atoms with van der Waals surface area (Å²) in [6.07, 6.45) is 0. The van der Waals surface area contributed by atoms with Crippen LogP contribution in [0.25, 0.3) is 11.0 Å². The second-order valence-corrected chi connectivity index (χ2v) is 5.76. The molecule has 0 aliphatic rings. The number of nitrogens with zero attached hydrogens (tertiary/aromatic N) is 3. The summed E-state index contributed by atoms with van der Waals surface area (Å²) in [6, 6.07) is 16.7. The number of fused-ring (bicyclic) bond motifs is 1. The SMILES string of the molecule is CCOc1nc2ccccc2nc1[C@@H](C#N)C(=O)Nc1cccc(C)c1. The van der Waals surface area contributed by atoms with Crippen LogP contribution in [-0.4, -0.2) is 22.5 Å². The van der Waals surface area contributed by atoms with Gasteiger partial charge in [0.2, 0.25) is 11.8 Å². The number of hydrogen-bond donors (Lipinski definition) is 1. The summed E-state index contributed by atoms with van der Waals surface area (Å²) in [5, 5.41) is 12.4. The Morgan fingerprint density at radius 2 is 1.92 bits per heavy atom. The Hall–Kier alpha value is -3.46. The third-order valence-electron chi connectivity index (χ3n) is 3.80. The molecule has 3 aromatic rings. The third-order valence-corrected chi connectivity index (χ3v) is 3.80. The first-order valence-electron chi connectivity index (χ1n) is 8.29. The Labute approximate surface area is 151 Å². The lowest BCUT2D eigenvalue weighted by atomic mass is 10.1. The first-order valence-corrected chi connectivity index (χ1v) is 8.29. The van der Waals surface area contributed by atoms with Gasteiger partial charge in [0.05, 0.1) is 23.7 Å². The van der Waals surface area contributed by atoms with Gasteiger partial charge in [-0.05, 0) is 43.7 Å². The van der Waals surface area contributed by atoms with E-state index in [9.17, 15) is 10.1 Å². The molecule has 2 aromatic carbocycles. The van der Waals surface area contributed by atoms with E-state index >= 15 is 0 Å². The van der Waals surface area contributed by atoms with Crippen LogP contribution in [0.15, 0.2) is 48.5 Å². The number of hydrogen-bond acceptors (Lipinski definition) is 5. The van der Waals surface area contributed by atoms with E-state index in [-0.39, 0.29) is 11.6 Å². The molecule has 6 nitrogen and oxygen atoms in total. The van der Waals surface area contributed by atoms with Gasteiger partial charge in [0, 0.05) is 5.69 Å². The summed E-state index contributed by atoms with van der Waals surface area (Å²) in [7, 11) is 0. The van der Waals surface area contributed by atoms with Crippen LogP contribution in [0, 0.1) is 18.3 Å². The fourth-order valence-electron chi connectivity index (χ4n) is 2.61. The van der Waals surface area contributed by atoms with Crippen LogP contribution in [0.3, 0.4) is 0 Å². The number of carbonyl (C=O) groups is 1. The van der Waals surface area contributed by atoms with Gasteiger partial charge < -0.3 is 10.1 Å². The molecule has 1 aromatic heterocycles. The minimum Gasteiger partial charge on any atom is -0.477 e. The lowest BCUT2D eigenvalue weighted by molar-refractivity contribution is -0.116. The number of carbonyl (C=O) groups excluding carboxylic acids is 1. The van der Waals surface area contributed by atoms with Crippen molar-refractivity contribution in [2.24, 2.45) is 0 Å². The summed E-state index contributed by atoms with van der Waals surface area (Å²) >= 11 is 0. The largest absolute Gasteiger partial charge is 0.477 e. The summed E-state index contributed by atoms with van der Waals surface area (Å²) in [4.78, 5) is 21.6. The van der Waals surface area contributed by atoms with Crippen molar-refractivity contribution in [2.45, 2.75) is 19.8 Å². The molecule has 1 heterocycles. The molecule has 0 fully saturated rings. The molecular weight excluding hydrogens is 328 g/mol. The van der Waals surface area contributed by atoms with Gasteiger partial charge in [0.1, 0.15) is 5.69 Å². The third kappa shape index (κ3) is 3.62. The molecule has 1 N–H and O–H groups in total. The number of amides is 1. The molecule has 1 amide bonds. The highest BCUT2D eigenvalue weighted by Crippen LogP contribution is 2.27. The number of anilines is 1. The highest BCUT2D eigenvalue weighted by atomic mass is 16.5. The quantitative estimate of drug-likeness (QED) is 0.763. The Morgan fingerprint density at radius 1 is 1.19 bits per heavy atom. The van der Waals surface area contributed by atoms with E-state index in [1.54, 1.807) is 12.1 Å². The maximum atomic E-state index is 12.7. The molecule has 0 unspecified atom stereocenters. The van der Waals surface area contributed by atoms with E-state index < -0.39 is 11.8 Å². The molecule has 0 saturated carbocycles. The van der Waals surface area contributed by atoms with Crippen molar-refractivity contribution >= 4 is 22.6 Å². The lowest BCUT2D eigenvalue weighted by Crippen LogP contribution is -2.22. The zero-order chi connectivity index (χ0) is 18.5. The molecule has 0 saturated heterocycles. The number of nitriles is 1. The van der Waals surface area contributed by atoms with Gasteiger partial charge in [-0.25, -0.2) is 9.97 Å². The van der Waals surface area contributed by atoms with E-state index in [4.69, 9.17) is 4.74 Å².